The number of aromatic nitrogens is 2. The fourth-order valence-electron chi connectivity index (χ4n) is 19.0. The lowest BCUT2D eigenvalue weighted by molar-refractivity contribution is 0.568. The van der Waals surface area contributed by atoms with Gasteiger partial charge in [0.1, 0.15) is 0 Å². The van der Waals surface area contributed by atoms with E-state index in [1.165, 1.54) is 43.8 Å². The normalized spacial score (nSPS) is 12.7. The van der Waals surface area contributed by atoms with Crippen LogP contribution in [0.5, 0.6) is 0 Å². The Morgan fingerprint density at radius 1 is 0.281 bits per heavy atom. The first-order valence-electron chi connectivity index (χ1n) is 42.3. The summed E-state index contributed by atoms with van der Waals surface area (Å²) in [4.78, 5) is 9.80. The molecule has 0 bridgehead atoms. The molecule has 0 radical (unpaired) electrons. The van der Waals surface area contributed by atoms with Crippen LogP contribution in [0.2, 0.25) is 0 Å². The largest absolute Gasteiger partial charge is 0.310 e. The molecule has 4 heterocycles. The van der Waals surface area contributed by atoms with E-state index in [1.807, 2.05) is 24.3 Å². The van der Waals surface area contributed by atoms with Crippen molar-refractivity contribution in [3.05, 3.63) is 385 Å². The van der Waals surface area contributed by atoms with E-state index in [4.69, 9.17) is 0 Å². The van der Waals surface area contributed by atoms with E-state index >= 15 is 0 Å². The maximum Gasteiger partial charge on any atom is 0.252 e. The van der Waals surface area contributed by atoms with Crippen molar-refractivity contribution >= 4 is 107 Å². The average Bonchev–Trinajstić information content (AvgIpc) is 1.26. The molecule has 20 rings (SSSR count). The molecule has 0 unspecified atom stereocenters. The van der Waals surface area contributed by atoms with E-state index in [0.717, 1.165) is 162 Å². The number of para-hydroxylation sites is 5. The Balaban J connectivity index is 1.02. The van der Waals surface area contributed by atoms with Gasteiger partial charge >= 0.3 is 0 Å². The molecule has 582 valence electrons. The van der Waals surface area contributed by atoms with Crippen LogP contribution < -0.4 is 26.2 Å². The molecule has 0 saturated carbocycles. The molecule has 0 spiro atoms. The van der Waals surface area contributed by atoms with Crippen molar-refractivity contribution in [3.8, 4) is 95.3 Å². The first-order chi connectivity index (χ1) is 58.5. The maximum atomic E-state index is 11.9. The van der Waals surface area contributed by atoms with E-state index in [-0.39, 0.29) is 21.7 Å². The molecule has 2 aliphatic heterocycles. The lowest BCUT2D eigenvalue weighted by atomic mass is 9.33. The third-order valence-corrected chi connectivity index (χ3v) is 25.3. The van der Waals surface area contributed by atoms with Crippen molar-refractivity contribution < 1.29 is 0 Å². The van der Waals surface area contributed by atoms with Gasteiger partial charge < -0.3 is 18.9 Å². The number of nitrogens with zero attached hydrogens (tertiary/aromatic N) is 6. The molecular weight excluding hydrogens is 1460 g/mol. The van der Waals surface area contributed by atoms with Crippen molar-refractivity contribution in [1.29, 1.82) is 5.26 Å². The van der Waals surface area contributed by atoms with Crippen molar-refractivity contribution in [2.75, 3.05) is 9.80 Å². The molecular formula is C114H93BN6. The van der Waals surface area contributed by atoms with Crippen LogP contribution >= 0.6 is 0 Å². The molecule has 16 aromatic carbocycles. The lowest BCUT2D eigenvalue weighted by Gasteiger charge is -2.46. The Hall–Kier alpha value is -14.2. The Kier molecular flexibility index (Phi) is 18.0. The predicted octanol–water partition coefficient (Wildman–Crippen LogP) is 29.2. The van der Waals surface area contributed by atoms with Crippen molar-refractivity contribution in [2.45, 2.75) is 105 Å². The smallest absolute Gasteiger partial charge is 0.252 e. The minimum Gasteiger partial charge on any atom is -0.310 e. The summed E-state index contributed by atoms with van der Waals surface area (Å²) in [5, 5.41) is 16.6. The number of anilines is 6. The first-order valence-corrected chi connectivity index (χ1v) is 42.3. The molecule has 121 heavy (non-hydrogen) atoms. The van der Waals surface area contributed by atoms with Crippen molar-refractivity contribution in [3.63, 3.8) is 0 Å². The highest BCUT2D eigenvalue weighted by Crippen LogP contribution is 2.58. The van der Waals surface area contributed by atoms with Crippen molar-refractivity contribution in [2.24, 2.45) is 0 Å². The van der Waals surface area contributed by atoms with Crippen LogP contribution in [0.1, 0.15) is 111 Å². The number of hydrogen-bond donors (Lipinski definition) is 0. The van der Waals surface area contributed by atoms with Gasteiger partial charge in [-0.05, 0) is 207 Å². The molecule has 0 atom stereocenters. The van der Waals surface area contributed by atoms with Gasteiger partial charge in [0.05, 0.1) is 51.6 Å². The van der Waals surface area contributed by atoms with E-state index in [1.54, 1.807) is 0 Å². The zero-order valence-corrected chi connectivity index (χ0v) is 70.7. The quantitative estimate of drug-likeness (QED) is 0.0958. The molecule has 0 aliphatic carbocycles. The highest BCUT2D eigenvalue weighted by molar-refractivity contribution is 7.00. The van der Waals surface area contributed by atoms with Gasteiger partial charge in [-0.2, -0.15) is 5.26 Å². The zero-order chi connectivity index (χ0) is 83.1. The molecule has 18 aromatic rings. The van der Waals surface area contributed by atoms with Crippen LogP contribution in [0.15, 0.2) is 346 Å². The fourth-order valence-corrected chi connectivity index (χ4v) is 19.0. The lowest BCUT2D eigenvalue weighted by Crippen LogP contribution is -2.61. The first kappa shape index (κ1) is 75.5. The second kappa shape index (κ2) is 28.8. The SMILES string of the molecule is [C-]#[N+]c1ccccc1-c1cc(-c2ccccc2)cc(-c2cc(C(C)(C)C)cc(C(C)(C)C)c2)c1N1c2cc(-n3c4ccccc4c4ccccc43)ccc2B2c3ccc(-n4c5ccccc5c5ccccc54)cc3N(c3c(-c4cc(C(C)(C)C)cc(C(C)(C)C)c4)cc(-c4ccccc4)cc3-c3ccccc3C#N)c3cc(-c4ccccc4)cc1c32. The summed E-state index contributed by atoms with van der Waals surface area (Å²) in [5.74, 6) is 0. The second-order valence-electron chi connectivity index (χ2n) is 37.1. The molecule has 2 aliphatic rings. The van der Waals surface area contributed by atoms with Crippen LogP contribution in [0.4, 0.5) is 39.8 Å². The van der Waals surface area contributed by atoms with E-state index in [2.05, 4.69) is 434 Å². The molecule has 0 saturated heterocycles. The Morgan fingerprint density at radius 2 is 0.603 bits per heavy atom. The predicted molar refractivity (Wildman–Crippen MR) is 513 cm³/mol. The van der Waals surface area contributed by atoms with E-state index in [9.17, 15) is 11.8 Å². The van der Waals surface area contributed by atoms with Crippen LogP contribution in [0.25, 0.3) is 138 Å². The topological polar surface area (TPSA) is 44.5 Å². The number of rotatable bonds is 11. The standard InChI is InChI=1S/C114H93BN6/c1-111(2,3)81-57-79(58-82(67-81)112(4,5)6)93-61-76(72-35-17-14-18-36-72)63-95(87-42-24-23-41-75(87)71-116)109(93)120-104-69-85(118-100-49-31-26-44-89(100)90-45-27-32-50-101(90)118)53-55-97(104)115-98-56-54-86(119-102-51-33-28-46-91(102)92-47-29-34-52-103(92)119)70-105(98)121(107-66-78(65-106(120)108(107)115)74-39-21-16-22-40-74)110-94(80-59-83(113(7,8)9)68-84(60-80)114(10,11)12)62-77(73-37-19-15-20-38-73)64-96(110)88-43-25-30-48-99(88)117-13/h14-70H,1-12H3. The summed E-state index contributed by atoms with van der Waals surface area (Å²) in [6.45, 7) is 36.9. The minimum absolute atomic E-state index is 0.261. The molecule has 0 fully saturated rings. The Bertz CT molecular complexity index is 6760. The summed E-state index contributed by atoms with van der Waals surface area (Å²) in [6, 6.07) is 131. The third kappa shape index (κ3) is 12.8. The number of nitriles is 1. The molecule has 0 N–H and O–H groups in total. The van der Waals surface area contributed by atoms with Gasteiger partial charge in [-0.15, -0.1) is 0 Å². The summed E-state index contributed by atoms with van der Waals surface area (Å²) < 4.78 is 4.94. The van der Waals surface area contributed by atoms with Crippen LogP contribution in [-0.2, 0) is 21.7 Å². The minimum atomic E-state index is -0.423. The van der Waals surface area contributed by atoms with Crippen LogP contribution in [-0.4, -0.2) is 15.8 Å². The Labute approximate surface area is 711 Å². The highest BCUT2D eigenvalue weighted by Gasteiger charge is 2.47. The fraction of sp³-hybridized carbons (Fsp3) is 0.140. The summed E-state index contributed by atoms with van der Waals surface area (Å²) in [5.41, 5.74) is 34.5. The highest BCUT2D eigenvalue weighted by atomic mass is 15.2. The number of benzene rings is 16. The zero-order valence-electron chi connectivity index (χ0n) is 70.7. The summed E-state index contributed by atoms with van der Waals surface area (Å²) >= 11 is 0. The van der Waals surface area contributed by atoms with Gasteiger partial charge in [-0.3, -0.25) is 0 Å². The summed E-state index contributed by atoms with van der Waals surface area (Å²) in [6.07, 6.45) is 0. The van der Waals surface area contributed by atoms with Gasteiger partial charge in [0, 0.05) is 77.9 Å². The number of fused-ring (bicyclic) bond motifs is 10. The molecule has 7 heteroatoms. The van der Waals surface area contributed by atoms with Gasteiger partial charge in [0.15, 0.2) is 5.69 Å². The van der Waals surface area contributed by atoms with Crippen LogP contribution in [0, 0.1) is 17.9 Å². The van der Waals surface area contributed by atoms with E-state index in [0.29, 0.717) is 11.3 Å². The third-order valence-electron chi connectivity index (χ3n) is 25.3. The van der Waals surface area contributed by atoms with Crippen LogP contribution in [0.3, 0.4) is 0 Å². The second-order valence-corrected chi connectivity index (χ2v) is 37.1. The monoisotopic (exact) mass is 1560 g/mol. The number of hydrogen-bond acceptors (Lipinski definition) is 3. The average molecular weight is 1560 g/mol. The molecule has 0 amide bonds. The molecule has 2 aromatic heterocycles. The van der Waals surface area contributed by atoms with Crippen molar-refractivity contribution in [1.82, 2.24) is 9.13 Å². The van der Waals surface area contributed by atoms with E-state index < -0.39 is 6.71 Å². The Morgan fingerprint density at radius 3 is 0.975 bits per heavy atom. The maximum absolute atomic E-state index is 11.9. The summed E-state index contributed by atoms with van der Waals surface area (Å²) in [7, 11) is 0. The van der Waals surface area contributed by atoms with Gasteiger partial charge in [0.2, 0.25) is 0 Å². The van der Waals surface area contributed by atoms with Gasteiger partial charge in [0.25, 0.3) is 6.71 Å². The van der Waals surface area contributed by atoms with Gasteiger partial charge in [-0.25, -0.2) is 4.85 Å². The van der Waals surface area contributed by atoms with Gasteiger partial charge in [-0.1, -0.05) is 338 Å². The molecule has 6 nitrogen and oxygen atoms in total.